The Morgan fingerprint density at radius 1 is 0.939 bits per heavy atom. The van der Waals surface area contributed by atoms with Gasteiger partial charge in [-0.3, -0.25) is 20.2 Å². The summed E-state index contributed by atoms with van der Waals surface area (Å²) < 4.78 is 0.607. The normalized spacial score (nSPS) is 11.1. The molecule has 2 heterocycles. The number of rotatable bonds is 4. The maximum absolute atomic E-state index is 13.3. The fourth-order valence-electron chi connectivity index (χ4n) is 3.41. The molecule has 33 heavy (non-hydrogen) atoms. The molecule has 0 aliphatic heterocycles. The number of carbonyl (C=O) groups is 1. The molecule has 7 nitrogen and oxygen atoms in total. The van der Waals surface area contributed by atoms with Crippen molar-refractivity contribution >= 4 is 72.4 Å². The molecule has 0 fully saturated rings. The van der Waals surface area contributed by atoms with Crippen molar-refractivity contribution in [3.8, 4) is 11.3 Å². The monoisotopic (exact) mass is 494 g/mol. The number of pyridine rings is 1. The second-order valence-electron chi connectivity index (χ2n) is 7.08. The molecule has 1 amide bonds. The van der Waals surface area contributed by atoms with E-state index >= 15 is 0 Å². The van der Waals surface area contributed by atoms with Crippen LogP contribution in [0.1, 0.15) is 10.4 Å². The van der Waals surface area contributed by atoms with E-state index in [-0.39, 0.29) is 11.6 Å². The van der Waals surface area contributed by atoms with Crippen LogP contribution in [-0.2, 0) is 0 Å². The van der Waals surface area contributed by atoms with Crippen molar-refractivity contribution < 1.29 is 9.72 Å². The molecule has 0 unspecified atom stereocenters. The number of anilines is 1. The zero-order valence-electron chi connectivity index (χ0n) is 16.6. The molecule has 1 N–H and O–H groups in total. The number of carbonyl (C=O) groups excluding carboxylic acids is 1. The lowest BCUT2D eigenvalue weighted by Gasteiger charge is -2.10. The fourth-order valence-corrected chi connectivity index (χ4v) is 4.60. The van der Waals surface area contributed by atoms with Gasteiger partial charge in [-0.1, -0.05) is 58.8 Å². The number of nitrogens with one attached hydrogen (secondary N) is 1. The Balaban J connectivity index is 1.55. The predicted molar refractivity (Wildman–Crippen MR) is 131 cm³/mol. The number of halogens is 2. The zero-order chi connectivity index (χ0) is 23.1. The summed E-state index contributed by atoms with van der Waals surface area (Å²) in [6, 6.07) is 18.5. The Hall–Kier alpha value is -3.59. The van der Waals surface area contributed by atoms with Crippen LogP contribution in [0.4, 0.5) is 10.8 Å². The maximum atomic E-state index is 13.3. The minimum atomic E-state index is -0.467. The Morgan fingerprint density at radius 3 is 2.55 bits per heavy atom. The van der Waals surface area contributed by atoms with E-state index in [0.717, 1.165) is 5.56 Å². The summed E-state index contributed by atoms with van der Waals surface area (Å²) in [4.78, 5) is 32.9. The van der Waals surface area contributed by atoms with Gasteiger partial charge in [-0.2, -0.15) is 0 Å². The maximum Gasteiger partial charge on any atom is 0.270 e. The third-order valence-corrected chi connectivity index (χ3v) is 6.65. The van der Waals surface area contributed by atoms with Crippen molar-refractivity contribution in [1.82, 2.24) is 9.97 Å². The zero-order valence-corrected chi connectivity index (χ0v) is 18.9. The van der Waals surface area contributed by atoms with Crippen LogP contribution in [-0.4, -0.2) is 20.8 Å². The number of aromatic nitrogens is 2. The highest BCUT2D eigenvalue weighted by atomic mass is 35.5. The molecular formula is C23H12Cl2N4O3S. The van der Waals surface area contributed by atoms with E-state index in [1.807, 2.05) is 24.3 Å². The Labute approximate surface area is 200 Å². The predicted octanol–water partition coefficient (Wildman–Crippen LogP) is 6.98. The number of nitrogens with zero attached hydrogens (tertiary/aromatic N) is 3. The van der Waals surface area contributed by atoms with Gasteiger partial charge < -0.3 is 0 Å². The van der Waals surface area contributed by atoms with Crippen LogP contribution in [0.15, 0.2) is 66.7 Å². The van der Waals surface area contributed by atoms with Crippen LogP contribution in [0.5, 0.6) is 0 Å². The summed E-state index contributed by atoms with van der Waals surface area (Å²) in [5.41, 5.74) is 2.87. The molecule has 162 valence electrons. The molecule has 0 saturated heterocycles. The number of amides is 1. The highest BCUT2D eigenvalue weighted by Gasteiger charge is 2.17. The van der Waals surface area contributed by atoms with Crippen molar-refractivity contribution in [3.63, 3.8) is 0 Å². The van der Waals surface area contributed by atoms with Gasteiger partial charge in [0.2, 0.25) is 0 Å². The van der Waals surface area contributed by atoms with E-state index in [2.05, 4.69) is 15.3 Å². The average molecular weight is 495 g/mol. The number of thiazole rings is 1. The van der Waals surface area contributed by atoms with Gasteiger partial charge in [-0.05, 0) is 30.3 Å². The summed E-state index contributed by atoms with van der Waals surface area (Å²) in [5, 5.41) is 15.7. The number of para-hydroxylation sites is 1. The number of benzene rings is 3. The van der Waals surface area contributed by atoms with Crippen LogP contribution >= 0.6 is 34.5 Å². The number of fused-ring (bicyclic) bond motifs is 2. The molecule has 0 atom stereocenters. The van der Waals surface area contributed by atoms with Crippen LogP contribution in [0.2, 0.25) is 10.0 Å². The molecule has 0 bridgehead atoms. The van der Waals surface area contributed by atoms with Gasteiger partial charge in [-0.15, -0.1) is 0 Å². The third-order valence-electron chi connectivity index (χ3n) is 4.98. The number of nitro groups is 1. The summed E-state index contributed by atoms with van der Waals surface area (Å²) in [6.45, 7) is 0. The lowest BCUT2D eigenvalue weighted by Crippen LogP contribution is -2.13. The minimum Gasteiger partial charge on any atom is -0.298 e. The van der Waals surface area contributed by atoms with Gasteiger partial charge in [0.05, 0.1) is 42.0 Å². The first-order valence-electron chi connectivity index (χ1n) is 9.60. The molecule has 0 saturated carbocycles. The second kappa shape index (κ2) is 8.40. The Morgan fingerprint density at radius 2 is 1.76 bits per heavy atom. The summed E-state index contributed by atoms with van der Waals surface area (Å²) in [6.07, 6.45) is 0. The van der Waals surface area contributed by atoms with Crippen molar-refractivity contribution in [2.45, 2.75) is 0 Å². The molecule has 0 aliphatic carbocycles. The number of hydrogen-bond donors (Lipinski definition) is 1. The van der Waals surface area contributed by atoms with E-state index in [0.29, 0.717) is 47.6 Å². The summed E-state index contributed by atoms with van der Waals surface area (Å²) in [5.74, 6) is -0.372. The number of hydrogen-bond acceptors (Lipinski definition) is 6. The number of non-ortho nitro benzene ring substituents is 1. The molecule has 0 aliphatic rings. The third kappa shape index (κ3) is 4.11. The Kier molecular flexibility index (Phi) is 5.41. The highest BCUT2D eigenvalue weighted by Crippen LogP contribution is 2.32. The van der Waals surface area contributed by atoms with Crippen molar-refractivity contribution in [2.24, 2.45) is 0 Å². The lowest BCUT2D eigenvalue weighted by molar-refractivity contribution is -0.384. The second-order valence-corrected chi connectivity index (χ2v) is 8.93. The molecule has 5 aromatic rings. The van der Waals surface area contributed by atoms with E-state index in [9.17, 15) is 14.9 Å². The largest absolute Gasteiger partial charge is 0.298 e. The van der Waals surface area contributed by atoms with Gasteiger partial charge in [-0.25, -0.2) is 9.97 Å². The van der Waals surface area contributed by atoms with E-state index < -0.39 is 4.92 Å². The van der Waals surface area contributed by atoms with Crippen molar-refractivity contribution in [2.75, 3.05) is 5.32 Å². The van der Waals surface area contributed by atoms with Crippen LogP contribution in [0.25, 0.3) is 32.4 Å². The van der Waals surface area contributed by atoms with E-state index in [1.54, 1.807) is 30.3 Å². The molecule has 5 rings (SSSR count). The highest BCUT2D eigenvalue weighted by molar-refractivity contribution is 7.22. The topological polar surface area (TPSA) is 98.0 Å². The molecular weight excluding hydrogens is 483 g/mol. The van der Waals surface area contributed by atoms with Gasteiger partial charge >= 0.3 is 0 Å². The fraction of sp³-hybridized carbons (Fsp3) is 0. The average Bonchev–Trinajstić information content (AvgIpc) is 3.21. The lowest BCUT2D eigenvalue weighted by atomic mass is 10.0. The van der Waals surface area contributed by atoms with Crippen molar-refractivity contribution in [1.29, 1.82) is 0 Å². The van der Waals surface area contributed by atoms with Crippen LogP contribution in [0, 0.1) is 10.1 Å². The van der Waals surface area contributed by atoms with Gasteiger partial charge in [0.25, 0.3) is 11.6 Å². The molecule has 2 aromatic heterocycles. The molecule has 3 aromatic carbocycles. The summed E-state index contributed by atoms with van der Waals surface area (Å²) in [7, 11) is 0. The van der Waals surface area contributed by atoms with E-state index in [4.69, 9.17) is 23.2 Å². The van der Waals surface area contributed by atoms with E-state index in [1.165, 1.54) is 23.5 Å². The van der Waals surface area contributed by atoms with Crippen molar-refractivity contribution in [3.05, 3.63) is 92.5 Å². The smallest absolute Gasteiger partial charge is 0.270 e. The Bertz CT molecular complexity index is 1590. The van der Waals surface area contributed by atoms with Gasteiger partial charge in [0.1, 0.15) is 0 Å². The standard InChI is InChI=1S/C23H12Cl2N4O3S/c24-16-7-5-12(9-17(16)25)20-11-15(14-3-1-2-4-18(14)26-20)22(30)28-23-27-19-8-6-13(29(31)32)10-21(19)33-23/h1-11H,(H,27,28,30). The molecule has 0 spiro atoms. The minimum absolute atomic E-state index is 0.0320. The van der Waals surface area contributed by atoms with Crippen LogP contribution in [0.3, 0.4) is 0 Å². The van der Waals surface area contributed by atoms with Crippen LogP contribution < -0.4 is 5.32 Å². The molecule has 10 heteroatoms. The first-order valence-corrected chi connectivity index (χ1v) is 11.2. The SMILES string of the molecule is O=C(Nc1nc2ccc([N+](=O)[O-])cc2s1)c1cc(-c2ccc(Cl)c(Cl)c2)nc2ccccc12. The van der Waals surface area contributed by atoms with Gasteiger partial charge in [0, 0.05) is 23.1 Å². The summed E-state index contributed by atoms with van der Waals surface area (Å²) >= 11 is 13.4. The molecule has 0 radical (unpaired) electrons. The van der Waals surface area contributed by atoms with Gasteiger partial charge in [0.15, 0.2) is 5.13 Å². The number of nitro benzene ring substituents is 1. The first-order chi connectivity index (χ1) is 15.9. The quantitative estimate of drug-likeness (QED) is 0.214. The first kappa shape index (κ1) is 21.3.